The van der Waals surface area contributed by atoms with Crippen LogP contribution >= 0.6 is 0 Å². The Bertz CT molecular complexity index is 419. The highest BCUT2D eigenvalue weighted by molar-refractivity contribution is 5.30. The zero-order valence-electron chi connectivity index (χ0n) is 12.4. The van der Waals surface area contributed by atoms with Gasteiger partial charge < -0.3 is 10.5 Å². The van der Waals surface area contributed by atoms with Gasteiger partial charge in [-0.3, -0.25) is 4.90 Å². The summed E-state index contributed by atoms with van der Waals surface area (Å²) in [7, 11) is 0. The highest BCUT2D eigenvalue weighted by Gasteiger charge is 2.25. The average Bonchev–Trinajstić information content (AvgIpc) is 2.43. The number of morpholine rings is 1. The van der Waals surface area contributed by atoms with Gasteiger partial charge in [0, 0.05) is 19.1 Å². The van der Waals surface area contributed by atoms with Crippen molar-refractivity contribution >= 4 is 0 Å². The summed E-state index contributed by atoms with van der Waals surface area (Å²) in [4.78, 5) is 2.41. The van der Waals surface area contributed by atoms with Crippen molar-refractivity contribution in [3.63, 3.8) is 0 Å². The van der Waals surface area contributed by atoms with Crippen molar-refractivity contribution in [1.29, 1.82) is 0 Å². The summed E-state index contributed by atoms with van der Waals surface area (Å²) in [6.07, 6.45) is 1.05. The largest absolute Gasteiger partial charge is 0.374 e. The van der Waals surface area contributed by atoms with Crippen LogP contribution in [0, 0.1) is 13.8 Å². The maximum atomic E-state index is 6.33. The third-order valence-corrected chi connectivity index (χ3v) is 4.15. The fraction of sp³-hybridized carbons (Fsp3) is 0.625. The molecule has 0 aliphatic carbocycles. The first-order valence-electron chi connectivity index (χ1n) is 7.25. The summed E-state index contributed by atoms with van der Waals surface area (Å²) >= 11 is 0. The Morgan fingerprint density at radius 1 is 1.37 bits per heavy atom. The van der Waals surface area contributed by atoms with Crippen molar-refractivity contribution < 1.29 is 4.74 Å². The SMILES string of the molecule is CCN1CCOC(C(N)Cc2ccc(C)c(C)c2)C1. The molecule has 106 valence electrons. The lowest BCUT2D eigenvalue weighted by molar-refractivity contribution is -0.0385. The predicted molar refractivity (Wildman–Crippen MR) is 79.4 cm³/mol. The van der Waals surface area contributed by atoms with Gasteiger partial charge >= 0.3 is 0 Å². The first kappa shape index (κ1) is 14.5. The highest BCUT2D eigenvalue weighted by atomic mass is 16.5. The number of nitrogens with zero attached hydrogens (tertiary/aromatic N) is 1. The normalized spacial score (nSPS) is 22.4. The molecule has 1 saturated heterocycles. The molecule has 0 spiro atoms. The van der Waals surface area contributed by atoms with Crippen molar-refractivity contribution in [2.75, 3.05) is 26.2 Å². The molecule has 1 aliphatic rings. The van der Waals surface area contributed by atoms with Crippen LogP contribution in [-0.2, 0) is 11.2 Å². The lowest BCUT2D eigenvalue weighted by Gasteiger charge is -2.35. The smallest absolute Gasteiger partial charge is 0.0856 e. The average molecular weight is 262 g/mol. The molecule has 3 nitrogen and oxygen atoms in total. The van der Waals surface area contributed by atoms with Gasteiger partial charge in [-0.15, -0.1) is 0 Å². The van der Waals surface area contributed by atoms with Crippen molar-refractivity contribution in [2.45, 2.75) is 39.3 Å². The third kappa shape index (κ3) is 3.78. The van der Waals surface area contributed by atoms with Crippen LogP contribution in [0.5, 0.6) is 0 Å². The van der Waals surface area contributed by atoms with E-state index >= 15 is 0 Å². The Labute approximate surface area is 116 Å². The van der Waals surface area contributed by atoms with E-state index in [9.17, 15) is 0 Å². The maximum Gasteiger partial charge on any atom is 0.0856 e. The van der Waals surface area contributed by atoms with Crippen LogP contribution in [0.4, 0.5) is 0 Å². The van der Waals surface area contributed by atoms with Gasteiger partial charge in [-0.25, -0.2) is 0 Å². The van der Waals surface area contributed by atoms with Gasteiger partial charge in [0.2, 0.25) is 0 Å². The van der Waals surface area contributed by atoms with E-state index in [0.29, 0.717) is 0 Å². The lowest BCUT2D eigenvalue weighted by Crippen LogP contribution is -2.51. The zero-order valence-corrected chi connectivity index (χ0v) is 12.4. The topological polar surface area (TPSA) is 38.5 Å². The van der Waals surface area contributed by atoms with Crippen molar-refractivity contribution in [3.8, 4) is 0 Å². The number of hydrogen-bond donors (Lipinski definition) is 1. The Hall–Kier alpha value is -0.900. The fourth-order valence-corrected chi connectivity index (χ4v) is 2.61. The van der Waals surface area contributed by atoms with Gasteiger partial charge in [0.25, 0.3) is 0 Å². The molecule has 1 aromatic carbocycles. The van der Waals surface area contributed by atoms with Gasteiger partial charge in [-0.2, -0.15) is 0 Å². The first-order chi connectivity index (χ1) is 9.10. The van der Waals surface area contributed by atoms with E-state index in [1.807, 2.05) is 0 Å². The summed E-state index contributed by atoms with van der Waals surface area (Å²) in [5, 5.41) is 0. The molecule has 0 aromatic heterocycles. The summed E-state index contributed by atoms with van der Waals surface area (Å²) in [5.74, 6) is 0. The molecule has 0 amide bonds. The standard InChI is InChI=1S/C16H26N2O/c1-4-18-7-8-19-16(11-18)15(17)10-14-6-5-12(2)13(3)9-14/h5-6,9,15-16H,4,7-8,10-11,17H2,1-3H3. The summed E-state index contributed by atoms with van der Waals surface area (Å²) in [6.45, 7) is 10.4. The number of benzene rings is 1. The molecule has 19 heavy (non-hydrogen) atoms. The number of rotatable bonds is 4. The molecule has 0 radical (unpaired) electrons. The second-order valence-electron chi connectivity index (χ2n) is 5.59. The molecule has 0 saturated carbocycles. The van der Waals surface area contributed by atoms with E-state index in [2.05, 4.69) is 43.9 Å². The summed E-state index contributed by atoms with van der Waals surface area (Å²) in [6, 6.07) is 6.69. The van der Waals surface area contributed by atoms with E-state index in [0.717, 1.165) is 32.7 Å². The van der Waals surface area contributed by atoms with Crippen LogP contribution < -0.4 is 5.73 Å². The zero-order chi connectivity index (χ0) is 13.8. The number of nitrogens with two attached hydrogens (primary N) is 1. The van der Waals surface area contributed by atoms with Gasteiger partial charge in [-0.1, -0.05) is 25.1 Å². The van der Waals surface area contributed by atoms with Crippen LogP contribution in [0.1, 0.15) is 23.6 Å². The van der Waals surface area contributed by atoms with Crippen LogP contribution in [0.15, 0.2) is 18.2 Å². The second-order valence-corrected chi connectivity index (χ2v) is 5.59. The summed E-state index contributed by atoms with van der Waals surface area (Å²) in [5.41, 5.74) is 10.3. The first-order valence-corrected chi connectivity index (χ1v) is 7.25. The number of likely N-dealkylation sites (N-methyl/N-ethyl adjacent to an activating group) is 1. The lowest BCUT2D eigenvalue weighted by atomic mass is 9.98. The molecule has 1 aliphatic heterocycles. The molecule has 2 N–H and O–H groups in total. The molecule has 1 aromatic rings. The van der Waals surface area contributed by atoms with E-state index in [1.54, 1.807) is 0 Å². The van der Waals surface area contributed by atoms with Gasteiger partial charge in [0.1, 0.15) is 0 Å². The minimum Gasteiger partial charge on any atom is -0.374 e. The molecule has 2 unspecified atom stereocenters. The minimum absolute atomic E-state index is 0.0801. The second kappa shape index (κ2) is 6.51. The molecule has 2 atom stereocenters. The number of aryl methyl sites for hydroxylation is 2. The van der Waals surface area contributed by atoms with E-state index in [4.69, 9.17) is 10.5 Å². The summed E-state index contributed by atoms with van der Waals surface area (Å²) < 4.78 is 5.83. The van der Waals surface area contributed by atoms with Crippen molar-refractivity contribution in [3.05, 3.63) is 34.9 Å². The van der Waals surface area contributed by atoms with Crippen LogP contribution in [0.2, 0.25) is 0 Å². The molecule has 0 bridgehead atoms. The van der Waals surface area contributed by atoms with E-state index < -0.39 is 0 Å². The minimum atomic E-state index is 0.0801. The van der Waals surface area contributed by atoms with E-state index in [1.165, 1.54) is 16.7 Å². The Morgan fingerprint density at radius 2 is 2.16 bits per heavy atom. The Morgan fingerprint density at radius 3 is 2.84 bits per heavy atom. The number of ether oxygens (including phenoxy) is 1. The van der Waals surface area contributed by atoms with E-state index in [-0.39, 0.29) is 12.1 Å². The number of hydrogen-bond acceptors (Lipinski definition) is 3. The Kier molecular flexibility index (Phi) is 4.97. The molecular formula is C16H26N2O. The monoisotopic (exact) mass is 262 g/mol. The Balaban J connectivity index is 1.96. The van der Waals surface area contributed by atoms with Crippen LogP contribution in [0.25, 0.3) is 0 Å². The maximum absolute atomic E-state index is 6.33. The quantitative estimate of drug-likeness (QED) is 0.900. The van der Waals surface area contributed by atoms with Gasteiger partial charge in [0.05, 0.1) is 12.7 Å². The predicted octanol–water partition coefficient (Wildman–Crippen LogP) is 1.89. The molecule has 1 fully saturated rings. The van der Waals surface area contributed by atoms with Crippen LogP contribution in [-0.4, -0.2) is 43.3 Å². The molecular weight excluding hydrogens is 236 g/mol. The van der Waals surface area contributed by atoms with Gasteiger partial charge in [-0.05, 0) is 43.5 Å². The molecule has 1 heterocycles. The third-order valence-electron chi connectivity index (χ3n) is 4.15. The van der Waals surface area contributed by atoms with Crippen molar-refractivity contribution in [2.24, 2.45) is 5.73 Å². The van der Waals surface area contributed by atoms with Gasteiger partial charge in [0.15, 0.2) is 0 Å². The molecule has 2 rings (SSSR count). The fourth-order valence-electron chi connectivity index (χ4n) is 2.61. The van der Waals surface area contributed by atoms with Crippen LogP contribution in [0.3, 0.4) is 0 Å². The highest BCUT2D eigenvalue weighted by Crippen LogP contribution is 2.15. The molecule has 3 heteroatoms. The van der Waals surface area contributed by atoms with Crippen molar-refractivity contribution in [1.82, 2.24) is 4.90 Å².